The van der Waals surface area contributed by atoms with Crippen LogP contribution < -0.4 is 5.32 Å². The highest BCUT2D eigenvalue weighted by molar-refractivity contribution is 6.76. The number of hydrogen-bond donors (Lipinski definition) is 2. The van der Waals surface area contributed by atoms with Crippen LogP contribution in [0.4, 0.5) is 10.5 Å². The van der Waals surface area contributed by atoms with Crippen molar-refractivity contribution in [2.45, 2.75) is 52.1 Å². The highest BCUT2D eigenvalue weighted by Gasteiger charge is 2.29. The molecule has 8 nitrogen and oxygen atoms in total. The number of rotatable bonds is 10. The molecule has 226 valence electrons. The number of amides is 1. The minimum Gasteiger partial charge on any atom is -0.477 e. The molecule has 0 atom stereocenters. The first-order valence-corrected chi connectivity index (χ1v) is 18.3. The minimum absolute atomic E-state index is 0.00341. The Hall–Kier alpha value is -4.76. The predicted molar refractivity (Wildman–Crippen MR) is 173 cm³/mol. The van der Waals surface area contributed by atoms with Gasteiger partial charge in [0.25, 0.3) is 0 Å². The Morgan fingerprint density at radius 1 is 0.909 bits per heavy atom. The molecule has 5 rings (SSSR count). The maximum absolute atomic E-state index is 12.6. The first-order valence-electron chi connectivity index (χ1n) is 14.6. The van der Waals surface area contributed by atoms with E-state index >= 15 is 0 Å². The van der Waals surface area contributed by atoms with Gasteiger partial charge in [-0.2, -0.15) is 0 Å². The van der Waals surface area contributed by atoms with Gasteiger partial charge in [-0.15, -0.1) is 0 Å². The summed E-state index contributed by atoms with van der Waals surface area (Å²) in [5.41, 5.74) is 7.91. The van der Waals surface area contributed by atoms with Gasteiger partial charge in [-0.05, 0) is 63.5 Å². The van der Waals surface area contributed by atoms with Crippen molar-refractivity contribution in [1.82, 2.24) is 4.98 Å². The molecule has 0 spiro atoms. The number of fused-ring (bicyclic) bond motifs is 3. The lowest BCUT2D eigenvalue weighted by Crippen LogP contribution is -2.23. The fourth-order valence-corrected chi connectivity index (χ4v) is 6.09. The third kappa shape index (κ3) is 7.06. The van der Waals surface area contributed by atoms with Crippen molar-refractivity contribution in [2.24, 2.45) is 0 Å². The van der Waals surface area contributed by atoms with Crippen molar-refractivity contribution >= 4 is 31.8 Å². The van der Waals surface area contributed by atoms with Crippen LogP contribution in [-0.4, -0.2) is 42.8 Å². The Morgan fingerprint density at radius 3 is 2.41 bits per heavy atom. The van der Waals surface area contributed by atoms with Gasteiger partial charge >= 0.3 is 18.0 Å². The van der Waals surface area contributed by atoms with Gasteiger partial charge in [-0.3, -0.25) is 10.1 Å². The van der Waals surface area contributed by atoms with Gasteiger partial charge in [0.2, 0.25) is 0 Å². The maximum atomic E-state index is 12.6. The zero-order chi connectivity index (χ0) is 31.4. The van der Waals surface area contributed by atoms with Crippen molar-refractivity contribution < 1.29 is 29.0 Å². The molecule has 2 N–H and O–H groups in total. The number of carboxylic acid groups (broad SMARTS) is 1. The third-order valence-electron chi connectivity index (χ3n) is 7.73. The maximum Gasteiger partial charge on any atom is 0.411 e. The number of aromatic nitrogens is 1. The second kappa shape index (κ2) is 12.8. The molecule has 9 heteroatoms. The summed E-state index contributed by atoms with van der Waals surface area (Å²) in [5, 5.41) is 12.8. The molecule has 0 unspecified atom stereocenters. The summed E-state index contributed by atoms with van der Waals surface area (Å²) in [6.45, 7) is 9.19. The molecule has 1 aliphatic rings. The summed E-state index contributed by atoms with van der Waals surface area (Å²) in [4.78, 5) is 41.7. The number of nitrogens with zero attached hydrogens (tertiary/aromatic N) is 1. The van der Waals surface area contributed by atoms with Crippen LogP contribution in [0.1, 0.15) is 38.3 Å². The Balaban J connectivity index is 1.41. The molecule has 0 radical (unpaired) electrons. The normalized spacial score (nSPS) is 11.8. The highest BCUT2D eigenvalue weighted by Crippen LogP contribution is 2.45. The molecule has 1 heterocycles. The lowest BCUT2D eigenvalue weighted by atomic mass is 9.91. The molecule has 1 aromatic heterocycles. The van der Waals surface area contributed by atoms with Gasteiger partial charge in [0.05, 0.1) is 13.0 Å². The fourth-order valence-electron chi connectivity index (χ4n) is 5.38. The average Bonchev–Trinajstić information content (AvgIpc) is 3.35. The van der Waals surface area contributed by atoms with Crippen LogP contribution in [-0.2, 0) is 33.7 Å². The molecule has 0 aliphatic heterocycles. The Morgan fingerprint density at radius 2 is 1.68 bits per heavy atom. The van der Waals surface area contributed by atoms with Crippen molar-refractivity contribution in [3.8, 4) is 22.3 Å². The van der Waals surface area contributed by atoms with Crippen LogP contribution in [0.2, 0.25) is 25.7 Å². The number of carboxylic acids is 1. The first kappa shape index (κ1) is 30.7. The molecule has 3 aromatic carbocycles. The summed E-state index contributed by atoms with van der Waals surface area (Å²) in [5.74, 6) is -1.37. The number of anilines is 1. The number of carbonyl (C=O) groups is 3. The zero-order valence-electron chi connectivity index (χ0n) is 25.4. The second-order valence-electron chi connectivity index (χ2n) is 12.2. The Kier molecular flexibility index (Phi) is 8.96. The third-order valence-corrected chi connectivity index (χ3v) is 9.43. The molecule has 1 amide bonds. The van der Waals surface area contributed by atoms with Crippen molar-refractivity contribution in [2.75, 3.05) is 11.9 Å². The molecular formula is C35H36N2O6Si. The average molecular weight is 609 g/mol. The van der Waals surface area contributed by atoms with E-state index in [0.717, 1.165) is 50.6 Å². The fraction of sp³-hybridized carbons (Fsp3) is 0.257. The molecule has 0 bridgehead atoms. The first-order chi connectivity index (χ1) is 21.0. The van der Waals surface area contributed by atoms with Crippen LogP contribution in [0.5, 0.6) is 0 Å². The largest absolute Gasteiger partial charge is 0.477 e. The molecule has 0 fully saturated rings. The number of pyridine rings is 1. The molecular weight excluding hydrogens is 572 g/mol. The minimum atomic E-state index is -1.31. The zero-order valence-corrected chi connectivity index (χ0v) is 26.4. The monoisotopic (exact) mass is 608 g/mol. The van der Waals surface area contributed by atoms with E-state index in [-0.39, 0.29) is 24.7 Å². The van der Waals surface area contributed by atoms with Crippen molar-refractivity contribution in [1.29, 1.82) is 0 Å². The van der Waals surface area contributed by atoms with E-state index < -0.39 is 20.1 Å². The molecule has 44 heavy (non-hydrogen) atoms. The molecule has 1 aliphatic carbocycles. The summed E-state index contributed by atoms with van der Waals surface area (Å²) < 4.78 is 10.9. The number of benzene rings is 3. The topological polar surface area (TPSA) is 115 Å². The van der Waals surface area contributed by atoms with Crippen LogP contribution in [0.15, 0.2) is 72.9 Å². The van der Waals surface area contributed by atoms with E-state index in [1.807, 2.05) is 67.6 Å². The van der Waals surface area contributed by atoms with Gasteiger partial charge in [0.15, 0.2) is 5.69 Å². The van der Waals surface area contributed by atoms with Crippen molar-refractivity contribution in [3.63, 3.8) is 0 Å². The molecule has 0 saturated carbocycles. The number of esters is 1. The number of nitrogens with one attached hydrogen (secondary N) is 1. The lowest BCUT2D eigenvalue weighted by molar-refractivity contribution is -0.142. The van der Waals surface area contributed by atoms with Gasteiger partial charge < -0.3 is 14.6 Å². The van der Waals surface area contributed by atoms with Crippen LogP contribution in [0.3, 0.4) is 0 Å². The van der Waals surface area contributed by atoms with Gasteiger partial charge in [0, 0.05) is 31.9 Å². The van der Waals surface area contributed by atoms with Gasteiger partial charge in [-0.25, -0.2) is 14.6 Å². The Bertz CT molecular complexity index is 1730. The summed E-state index contributed by atoms with van der Waals surface area (Å²) in [6, 6.07) is 21.7. The number of ether oxygens (including phenoxy) is 2. The van der Waals surface area contributed by atoms with Gasteiger partial charge in [0.1, 0.15) is 6.61 Å². The van der Waals surface area contributed by atoms with Crippen molar-refractivity contribution in [3.05, 3.63) is 106 Å². The number of carbonyl (C=O) groups excluding carboxylic acids is 2. The highest BCUT2D eigenvalue weighted by atomic mass is 28.3. The van der Waals surface area contributed by atoms with Crippen LogP contribution >= 0.6 is 0 Å². The number of hydrogen-bond acceptors (Lipinski definition) is 6. The molecule has 4 aromatic rings. The number of aromatic carboxylic acids is 1. The van der Waals surface area contributed by atoms with E-state index in [1.54, 1.807) is 12.3 Å². The Labute approximate surface area is 258 Å². The van der Waals surface area contributed by atoms with E-state index in [9.17, 15) is 19.5 Å². The van der Waals surface area contributed by atoms with E-state index in [4.69, 9.17) is 9.47 Å². The lowest BCUT2D eigenvalue weighted by Gasteiger charge is -2.16. The SMILES string of the molecule is Cc1c(NC(=O)OCc2ccccc2)cccc1-c1cnc(C(=O)O)c2c1-c1ccc(CC(=O)OCC[Si](C)(C)C)cc1C2. The van der Waals surface area contributed by atoms with Crippen LogP contribution in [0.25, 0.3) is 22.3 Å². The smallest absolute Gasteiger partial charge is 0.411 e. The summed E-state index contributed by atoms with van der Waals surface area (Å²) in [6.07, 6.45) is 1.55. The standard InChI is InChI=1S/C35H36N2O6Si/c1-22-26(11-8-12-30(22)37-35(41)43-21-23-9-6-5-7-10-23)29-20-36-33(34(39)40)28-19-25-17-24(13-14-27(25)32(28)29)18-31(38)42-15-16-44(2,3)4/h5-14,17,20H,15-16,18-19,21H2,1-4H3,(H,37,41)(H,39,40). The van der Waals surface area contributed by atoms with Gasteiger partial charge in [-0.1, -0.05) is 80.3 Å². The predicted octanol–water partition coefficient (Wildman–Crippen LogP) is 7.50. The van der Waals surface area contributed by atoms with E-state index in [2.05, 4.69) is 29.9 Å². The summed E-state index contributed by atoms with van der Waals surface area (Å²) >= 11 is 0. The van der Waals surface area contributed by atoms with Crippen LogP contribution in [0, 0.1) is 6.92 Å². The van der Waals surface area contributed by atoms with E-state index in [1.165, 1.54) is 0 Å². The molecule has 0 saturated heterocycles. The quantitative estimate of drug-likeness (QED) is 0.125. The van der Waals surface area contributed by atoms with E-state index in [0.29, 0.717) is 24.3 Å². The summed E-state index contributed by atoms with van der Waals surface area (Å²) in [7, 11) is -1.31. The second-order valence-corrected chi connectivity index (χ2v) is 17.8.